The first-order chi connectivity index (χ1) is 48.6. The van der Waals surface area contributed by atoms with Crippen molar-refractivity contribution in [3.63, 3.8) is 0 Å². The van der Waals surface area contributed by atoms with Gasteiger partial charge in [0.05, 0.1) is 32.9 Å². The molecular formula is C88H82N4O8. The number of fused-ring (bicyclic) bond motifs is 8. The Kier molecular flexibility index (Phi) is 15.2. The van der Waals surface area contributed by atoms with Crippen molar-refractivity contribution in [2.45, 2.75) is 196 Å². The van der Waals surface area contributed by atoms with Crippen LogP contribution in [0.2, 0.25) is 0 Å². The molecule has 4 amide bonds. The fraction of sp³-hybridized carbons (Fsp3) is 0.341. The van der Waals surface area contributed by atoms with Gasteiger partial charge in [-0.05, 0) is 197 Å². The third-order valence-electron chi connectivity index (χ3n) is 24.1. The Hall–Kier alpha value is -9.94. The molecule has 17 rings (SSSR count). The molecule has 502 valence electrons. The third-order valence-corrected chi connectivity index (χ3v) is 24.1. The first-order valence-corrected chi connectivity index (χ1v) is 37.1. The summed E-state index contributed by atoms with van der Waals surface area (Å²) in [5.74, 6) is -1.37. The van der Waals surface area contributed by atoms with Gasteiger partial charge >= 0.3 is 0 Å². The summed E-state index contributed by atoms with van der Waals surface area (Å²) in [6, 6.07) is 30.8. The predicted molar refractivity (Wildman–Crippen MR) is 410 cm³/mol. The number of nitrogens with zero attached hydrogens (tertiary/aromatic N) is 4. The van der Waals surface area contributed by atoms with E-state index in [0.29, 0.717) is 114 Å². The first-order valence-electron chi connectivity index (χ1n) is 37.1. The van der Waals surface area contributed by atoms with Crippen LogP contribution in [0, 0.1) is 27.7 Å². The second-order valence-electron chi connectivity index (χ2n) is 29.6. The maximum atomic E-state index is 16.3. The Bertz CT molecular complexity index is 5820. The molecule has 0 aliphatic carbocycles. The molecular weight excluding hydrogens is 1240 g/mol. The Morgan fingerprint density at radius 2 is 0.560 bits per heavy atom. The molecule has 0 saturated heterocycles. The van der Waals surface area contributed by atoms with E-state index in [1.165, 1.54) is 18.9 Å². The number of hydrogen-bond donors (Lipinski definition) is 0. The normalized spacial score (nSPS) is 14.0. The smallest absolute Gasteiger partial charge is 0.266 e. The van der Waals surface area contributed by atoms with Crippen molar-refractivity contribution in [1.82, 2.24) is 18.9 Å². The number of carbonyl (C=O) groups is 4. The van der Waals surface area contributed by atoms with Crippen LogP contribution >= 0.6 is 0 Å². The number of benzene rings is 13. The molecule has 0 spiro atoms. The summed E-state index contributed by atoms with van der Waals surface area (Å²) in [5, 5.41) is 15.9. The van der Waals surface area contributed by atoms with Gasteiger partial charge in [0.1, 0.15) is 0 Å². The minimum absolute atomic E-state index is 0.181. The van der Waals surface area contributed by atoms with E-state index in [0.717, 1.165) is 178 Å². The molecule has 0 atom stereocenters. The van der Waals surface area contributed by atoms with Crippen LogP contribution < -0.4 is 22.2 Å². The Labute approximate surface area is 578 Å². The van der Waals surface area contributed by atoms with Crippen LogP contribution in [-0.2, 0) is 0 Å². The molecule has 0 unspecified atom stereocenters. The van der Waals surface area contributed by atoms with Crippen molar-refractivity contribution in [2.75, 3.05) is 0 Å². The number of carbonyl (C=O) groups excluding carboxylic acids is 4. The highest BCUT2D eigenvalue weighted by atomic mass is 16.2. The average Bonchev–Trinajstić information content (AvgIpc) is 1.16. The SMILES string of the molecule is CCCCCCC(CCCCCC)N1C(=O)c2ccc3c4cccc5ccc6c7c(=O)n(-c8c(C)c(C)c(-n9c(=O)c%10c%11ccc%12cccc%13c%14ccc%15c%16c(cc(c%10c9=O)c(c%16%14)c%11c%12%13)C(=O)N(C(CCCCCC)CCCCCC)C%15=O)c(C)c8C)c(=O)c7c7cc(c2c3c7c6c54)C1=O. The Morgan fingerprint density at radius 3 is 0.900 bits per heavy atom. The minimum atomic E-state index is -0.563. The molecule has 12 nitrogen and oxygen atoms in total. The molecule has 2 aliphatic rings. The van der Waals surface area contributed by atoms with E-state index in [9.17, 15) is 0 Å². The van der Waals surface area contributed by atoms with Gasteiger partial charge in [-0.2, -0.15) is 0 Å². The quantitative estimate of drug-likeness (QED) is 0.0251. The summed E-state index contributed by atoms with van der Waals surface area (Å²) >= 11 is 0. The van der Waals surface area contributed by atoms with Crippen LogP contribution in [0.1, 0.15) is 220 Å². The summed E-state index contributed by atoms with van der Waals surface area (Å²) in [5.41, 5.74) is 2.15. The molecule has 13 aromatic carbocycles. The number of imide groups is 2. The molecule has 0 N–H and O–H groups in total. The molecule has 0 fully saturated rings. The summed E-state index contributed by atoms with van der Waals surface area (Å²) in [6.07, 6.45) is 18.8. The Morgan fingerprint density at radius 1 is 0.270 bits per heavy atom. The van der Waals surface area contributed by atoms with Gasteiger partial charge in [0.25, 0.3) is 45.9 Å². The summed E-state index contributed by atoms with van der Waals surface area (Å²) in [7, 11) is 0. The van der Waals surface area contributed by atoms with E-state index >= 15 is 38.4 Å². The number of rotatable bonds is 24. The van der Waals surface area contributed by atoms with Crippen molar-refractivity contribution in [1.29, 1.82) is 0 Å². The molecule has 2 aliphatic heterocycles. The van der Waals surface area contributed by atoms with Crippen molar-refractivity contribution in [2.24, 2.45) is 0 Å². The second kappa shape index (κ2) is 23.9. The topological polar surface area (TPSA) is 153 Å². The number of unbranched alkanes of at least 4 members (excludes halogenated alkanes) is 12. The van der Waals surface area contributed by atoms with Gasteiger partial charge in [0.2, 0.25) is 0 Å². The van der Waals surface area contributed by atoms with Gasteiger partial charge < -0.3 is 0 Å². The molecule has 0 bridgehead atoms. The molecule has 0 radical (unpaired) electrons. The molecule has 4 heterocycles. The highest BCUT2D eigenvalue weighted by molar-refractivity contribution is 6.49. The van der Waals surface area contributed by atoms with Crippen LogP contribution in [0.3, 0.4) is 0 Å². The summed E-state index contributed by atoms with van der Waals surface area (Å²) in [6.45, 7) is 16.0. The third kappa shape index (κ3) is 8.63. The van der Waals surface area contributed by atoms with Crippen molar-refractivity contribution < 1.29 is 19.2 Å². The van der Waals surface area contributed by atoms with Crippen molar-refractivity contribution in [3.8, 4) is 11.4 Å². The van der Waals surface area contributed by atoms with Crippen LogP contribution in [0.15, 0.2) is 116 Å². The lowest BCUT2D eigenvalue weighted by atomic mass is 9.80. The van der Waals surface area contributed by atoms with Gasteiger partial charge in [-0.3, -0.25) is 48.2 Å². The number of aromatic nitrogens is 2. The first kappa shape index (κ1) is 63.5. The lowest BCUT2D eigenvalue weighted by Gasteiger charge is -2.35. The highest BCUT2D eigenvalue weighted by Crippen LogP contribution is 2.53. The van der Waals surface area contributed by atoms with Gasteiger partial charge in [0, 0.05) is 45.1 Å². The summed E-state index contributed by atoms with van der Waals surface area (Å²) < 4.78 is 2.55. The van der Waals surface area contributed by atoms with Crippen LogP contribution in [0.4, 0.5) is 0 Å². The van der Waals surface area contributed by atoms with E-state index in [-0.39, 0.29) is 57.3 Å². The zero-order valence-electron chi connectivity index (χ0n) is 58.6. The number of amides is 4. The van der Waals surface area contributed by atoms with Crippen LogP contribution in [-0.4, -0.2) is 54.6 Å². The maximum Gasteiger partial charge on any atom is 0.266 e. The average molecular weight is 1320 g/mol. The van der Waals surface area contributed by atoms with Gasteiger partial charge in [0.15, 0.2) is 0 Å². The lowest BCUT2D eigenvalue weighted by Crippen LogP contribution is -2.47. The minimum Gasteiger partial charge on any atom is -0.271 e. The van der Waals surface area contributed by atoms with E-state index in [4.69, 9.17) is 0 Å². The van der Waals surface area contributed by atoms with E-state index < -0.39 is 22.2 Å². The predicted octanol–water partition coefficient (Wildman–Crippen LogP) is 20.2. The van der Waals surface area contributed by atoms with Crippen molar-refractivity contribution in [3.05, 3.63) is 183 Å². The van der Waals surface area contributed by atoms with Gasteiger partial charge in [-0.1, -0.05) is 203 Å². The molecule has 15 aromatic rings. The summed E-state index contributed by atoms with van der Waals surface area (Å²) in [4.78, 5) is 130. The second-order valence-corrected chi connectivity index (χ2v) is 29.6. The molecule has 12 heteroatoms. The van der Waals surface area contributed by atoms with E-state index in [2.05, 4.69) is 39.8 Å². The number of hydrogen-bond acceptors (Lipinski definition) is 8. The fourth-order valence-corrected chi connectivity index (χ4v) is 19.1. The van der Waals surface area contributed by atoms with E-state index in [1.54, 1.807) is 0 Å². The van der Waals surface area contributed by atoms with E-state index in [1.807, 2.05) is 113 Å². The molecule has 0 saturated carbocycles. The lowest BCUT2D eigenvalue weighted by molar-refractivity contribution is 0.0501. The monoisotopic (exact) mass is 1320 g/mol. The zero-order chi connectivity index (χ0) is 69.2. The molecule has 100 heavy (non-hydrogen) atoms. The standard InChI is InChI=1S/C88H82N4O8/c1-9-13-17-21-29-51(30-22-18-14-10-2)89-81(93)59-41-39-55-53-33-25-27-49-35-37-57-71(65(49)53)73-61(43-63(83(89)95)67(59)69(55)73)77-75(57)85(97)91(87(77)99)79-45(5)47(7)80(48(8)46(79)6)92-86(98)76-58-38-36-50-28-26-34-54-56-40-42-60-68-64(44-62(78(76)88(92)100)74(70(56)68)72(58)66(50)54)84(96)90(82(60)94)52(31-23-19-15-11-3)32-24-20-16-12-4/h25-28,33-44,51-52H,9-24,29-32H2,1-8H3. The van der Waals surface area contributed by atoms with Gasteiger partial charge in [-0.15, -0.1) is 0 Å². The fourth-order valence-electron chi connectivity index (χ4n) is 19.1. The highest BCUT2D eigenvalue weighted by Gasteiger charge is 2.42. The Balaban J connectivity index is 0.882. The van der Waals surface area contributed by atoms with Crippen LogP contribution in [0.25, 0.3) is 141 Å². The largest absolute Gasteiger partial charge is 0.271 e. The van der Waals surface area contributed by atoms with Crippen molar-refractivity contribution >= 4 is 153 Å². The molecule has 2 aromatic heterocycles. The van der Waals surface area contributed by atoms with Crippen LogP contribution in [0.5, 0.6) is 0 Å². The van der Waals surface area contributed by atoms with Gasteiger partial charge in [-0.25, -0.2) is 9.13 Å². The maximum absolute atomic E-state index is 16.3. The zero-order valence-corrected chi connectivity index (χ0v) is 58.6.